The van der Waals surface area contributed by atoms with E-state index in [0.29, 0.717) is 0 Å². The Hall–Kier alpha value is -1.54. The fourth-order valence-electron chi connectivity index (χ4n) is 1.10. The van der Waals surface area contributed by atoms with Crippen molar-refractivity contribution in [3.05, 3.63) is 28.6 Å². The minimum absolute atomic E-state index is 0.00370. The first-order chi connectivity index (χ1) is 6.97. The minimum Gasteiger partial charge on any atom is -0.276 e. The molecule has 0 aliphatic carbocycles. The van der Waals surface area contributed by atoms with Gasteiger partial charge in [0.1, 0.15) is 17.5 Å². The van der Waals surface area contributed by atoms with Crippen LogP contribution in [0.2, 0.25) is 0 Å². The van der Waals surface area contributed by atoms with Gasteiger partial charge in [0.25, 0.3) is 11.7 Å². The molecule has 0 spiro atoms. The van der Waals surface area contributed by atoms with Crippen LogP contribution in [0.4, 0.5) is 8.78 Å². The highest BCUT2D eigenvalue weighted by Crippen LogP contribution is 2.24. The Kier molecular flexibility index (Phi) is 3.32. The molecule has 0 N–H and O–H groups in total. The van der Waals surface area contributed by atoms with Gasteiger partial charge in [-0.15, -0.1) is 0 Å². The first kappa shape index (κ1) is 11.5. The largest absolute Gasteiger partial charge is 0.280 e. The van der Waals surface area contributed by atoms with Crippen LogP contribution in [-0.4, -0.2) is 10.2 Å². The Labute approximate surface area is 89.3 Å². The van der Waals surface area contributed by atoms with Crippen molar-refractivity contribution in [3.8, 4) is 6.07 Å². The molecule has 0 bridgehead atoms. The van der Waals surface area contributed by atoms with Gasteiger partial charge >= 0.3 is 0 Å². The number of halogens is 3. The zero-order chi connectivity index (χ0) is 11.6. The predicted octanol–water partition coefficient (Wildman–Crippen LogP) is 2.58. The Bertz CT molecular complexity index is 454. The maximum absolute atomic E-state index is 12.5. The van der Waals surface area contributed by atoms with Gasteiger partial charge < -0.3 is 0 Å². The van der Waals surface area contributed by atoms with Crippen LogP contribution >= 0.6 is 11.6 Å². The minimum atomic E-state index is -2.84. The Morgan fingerprint density at radius 3 is 2.67 bits per heavy atom. The fraction of sp³-hybridized carbons (Fsp3) is 0.222. The van der Waals surface area contributed by atoms with Crippen molar-refractivity contribution >= 4 is 16.8 Å². The molecule has 0 amide bonds. The Balaban J connectivity index is 3.49. The third-order valence-corrected chi connectivity index (χ3v) is 2.05. The van der Waals surface area contributed by atoms with Crippen molar-refractivity contribution in [2.45, 2.75) is 13.3 Å². The number of rotatable bonds is 2. The average molecular weight is 231 g/mol. The SMILES string of the molecule is Cc1c(C(=O)Cl)cc(C#N)nc1C(F)F. The van der Waals surface area contributed by atoms with Crippen LogP contribution in [0, 0.1) is 18.3 Å². The van der Waals surface area contributed by atoms with Crippen molar-refractivity contribution in [2.24, 2.45) is 0 Å². The topological polar surface area (TPSA) is 53.8 Å². The fourth-order valence-corrected chi connectivity index (χ4v) is 1.30. The summed E-state index contributed by atoms with van der Waals surface area (Å²) in [6.07, 6.45) is -2.84. The summed E-state index contributed by atoms with van der Waals surface area (Å²) in [6.45, 7) is 1.31. The monoisotopic (exact) mass is 230 g/mol. The second-order valence-electron chi connectivity index (χ2n) is 2.75. The third kappa shape index (κ3) is 2.28. The van der Waals surface area contributed by atoms with Crippen molar-refractivity contribution in [3.63, 3.8) is 0 Å². The van der Waals surface area contributed by atoms with Gasteiger partial charge in [0.2, 0.25) is 0 Å². The predicted molar refractivity (Wildman–Crippen MR) is 48.8 cm³/mol. The third-order valence-electron chi connectivity index (χ3n) is 1.84. The van der Waals surface area contributed by atoms with E-state index in [1.807, 2.05) is 0 Å². The first-order valence-corrected chi connectivity index (χ1v) is 4.24. The summed E-state index contributed by atoms with van der Waals surface area (Å²) >= 11 is 5.19. The lowest BCUT2D eigenvalue weighted by atomic mass is 10.1. The van der Waals surface area contributed by atoms with Gasteiger partial charge in [-0.2, -0.15) is 5.26 Å². The van der Waals surface area contributed by atoms with Gasteiger partial charge in [-0.25, -0.2) is 13.8 Å². The number of hydrogen-bond donors (Lipinski definition) is 0. The van der Waals surface area contributed by atoms with Crippen LogP contribution in [0.25, 0.3) is 0 Å². The standard InChI is InChI=1S/C9H5ClF2N2O/c1-4-6(8(10)15)2-5(3-13)14-7(4)9(11)12/h2,9H,1H3. The van der Waals surface area contributed by atoms with Gasteiger partial charge in [0.15, 0.2) is 0 Å². The molecule has 0 saturated heterocycles. The first-order valence-electron chi connectivity index (χ1n) is 3.87. The summed E-state index contributed by atoms with van der Waals surface area (Å²) in [5, 5.41) is 7.65. The van der Waals surface area contributed by atoms with Crippen LogP contribution in [0.15, 0.2) is 6.07 Å². The molecule has 0 saturated carbocycles. The van der Waals surface area contributed by atoms with E-state index in [9.17, 15) is 13.6 Å². The molecule has 0 fully saturated rings. The normalized spacial score (nSPS) is 10.1. The highest BCUT2D eigenvalue weighted by atomic mass is 35.5. The summed E-state index contributed by atoms with van der Waals surface area (Å²) < 4.78 is 24.9. The summed E-state index contributed by atoms with van der Waals surface area (Å²) in [5.41, 5.74) is -0.944. The Morgan fingerprint density at radius 1 is 1.67 bits per heavy atom. The van der Waals surface area contributed by atoms with E-state index in [2.05, 4.69) is 4.98 Å². The van der Waals surface area contributed by atoms with Crippen LogP contribution in [-0.2, 0) is 0 Å². The number of aromatic nitrogens is 1. The van der Waals surface area contributed by atoms with Gasteiger partial charge in [-0.3, -0.25) is 4.79 Å². The molecule has 1 rings (SSSR count). The van der Waals surface area contributed by atoms with E-state index in [1.54, 1.807) is 6.07 Å². The molecule has 1 aromatic heterocycles. The molecule has 1 heterocycles. The summed E-state index contributed by atoms with van der Waals surface area (Å²) in [6, 6.07) is 2.68. The van der Waals surface area contributed by atoms with E-state index in [0.717, 1.165) is 6.07 Å². The molecule has 0 radical (unpaired) electrons. The van der Waals surface area contributed by atoms with Crippen molar-refractivity contribution < 1.29 is 13.6 Å². The highest BCUT2D eigenvalue weighted by molar-refractivity contribution is 6.67. The lowest BCUT2D eigenvalue weighted by molar-refractivity contribution is 0.107. The average Bonchev–Trinajstić information content (AvgIpc) is 2.17. The lowest BCUT2D eigenvalue weighted by Gasteiger charge is -2.07. The molecular weight excluding hydrogens is 226 g/mol. The zero-order valence-corrected chi connectivity index (χ0v) is 8.35. The number of alkyl halides is 2. The maximum atomic E-state index is 12.5. The van der Waals surface area contributed by atoms with Gasteiger partial charge in [-0.1, -0.05) is 0 Å². The van der Waals surface area contributed by atoms with Gasteiger partial charge in [0.05, 0.1) is 0 Å². The number of pyridine rings is 1. The number of carbonyl (C=O) groups is 1. The molecule has 0 aromatic carbocycles. The summed E-state index contributed by atoms with van der Waals surface area (Å²) in [5.74, 6) is 0. The summed E-state index contributed by atoms with van der Waals surface area (Å²) in [4.78, 5) is 14.3. The molecule has 1 aromatic rings. The van der Waals surface area contributed by atoms with Crippen molar-refractivity contribution in [2.75, 3.05) is 0 Å². The van der Waals surface area contributed by atoms with Crippen molar-refractivity contribution in [1.29, 1.82) is 5.26 Å². The maximum Gasteiger partial charge on any atom is 0.280 e. The molecule has 0 aliphatic rings. The number of nitrogens with zero attached hydrogens (tertiary/aromatic N) is 2. The van der Waals surface area contributed by atoms with E-state index in [4.69, 9.17) is 16.9 Å². The molecule has 6 heteroatoms. The highest BCUT2D eigenvalue weighted by Gasteiger charge is 2.19. The van der Waals surface area contributed by atoms with Gasteiger partial charge in [-0.05, 0) is 30.2 Å². The quantitative estimate of drug-likeness (QED) is 0.734. The zero-order valence-electron chi connectivity index (χ0n) is 7.59. The van der Waals surface area contributed by atoms with E-state index in [-0.39, 0.29) is 16.8 Å². The van der Waals surface area contributed by atoms with Crippen LogP contribution in [0.5, 0.6) is 0 Å². The summed E-state index contributed by atoms with van der Waals surface area (Å²) in [7, 11) is 0. The molecule has 3 nitrogen and oxygen atoms in total. The van der Waals surface area contributed by atoms with Crippen molar-refractivity contribution in [1.82, 2.24) is 4.98 Å². The smallest absolute Gasteiger partial charge is 0.276 e. The number of nitriles is 1. The molecule has 78 valence electrons. The van der Waals surface area contributed by atoms with Gasteiger partial charge in [0, 0.05) is 5.56 Å². The molecule has 0 aliphatic heterocycles. The second kappa shape index (κ2) is 4.32. The van der Waals surface area contributed by atoms with Crippen LogP contribution in [0.1, 0.15) is 33.7 Å². The van der Waals surface area contributed by atoms with Crippen LogP contribution < -0.4 is 0 Å². The lowest BCUT2D eigenvalue weighted by Crippen LogP contribution is -2.04. The second-order valence-corrected chi connectivity index (χ2v) is 3.09. The van der Waals surface area contributed by atoms with E-state index >= 15 is 0 Å². The van der Waals surface area contributed by atoms with Crippen LogP contribution in [0.3, 0.4) is 0 Å². The molecular formula is C9H5ClF2N2O. The molecule has 15 heavy (non-hydrogen) atoms. The molecule has 0 unspecified atom stereocenters. The van der Waals surface area contributed by atoms with E-state index < -0.39 is 17.4 Å². The number of carbonyl (C=O) groups excluding carboxylic acids is 1. The number of hydrogen-bond acceptors (Lipinski definition) is 3. The van der Waals surface area contributed by atoms with E-state index in [1.165, 1.54) is 6.92 Å². The molecule has 0 atom stereocenters. The Morgan fingerprint density at radius 2 is 2.27 bits per heavy atom.